The fourth-order valence-electron chi connectivity index (χ4n) is 2.60. The maximum atomic E-state index is 9.36. The zero-order valence-electron chi connectivity index (χ0n) is 16.3. The third-order valence-electron chi connectivity index (χ3n) is 3.59. The lowest BCUT2D eigenvalue weighted by Crippen LogP contribution is -2.29. The van der Waals surface area contributed by atoms with E-state index in [0.29, 0.717) is 27.5 Å². The Hall–Kier alpha value is -2.56. The van der Waals surface area contributed by atoms with Crippen molar-refractivity contribution < 1.29 is 21.3 Å². The van der Waals surface area contributed by atoms with Crippen LogP contribution in [0.15, 0.2) is 71.0 Å². The molecule has 0 aliphatic rings. The third-order valence-corrected chi connectivity index (χ3v) is 3.59. The lowest BCUT2D eigenvalue weighted by Gasteiger charge is -2.03. The first kappa shape index (κ1) is 8.78. The molecular formula is C18H13BO3. The fourth-order valence-corrected chi connectivity index (χ4v) is 2.60. The van der Waals surface area contributed by atoms with Gasteiger partial charge in [0.2, 0.25) is 0 Å². The van der Waals surface area contributed by atoms with Crippen LogP contribution >= 0.6 is 0 Å². The highest BCUT2D eigenvalue weighted by Gasteiger charge is 2.16. The van der Waals surface area contributed by atoms with Gasteiger partial charge >= 0.3 is 7.12 Å². The number of furan rings is 1. The van der Waals surface area contributed by atoms with Gasteiger partial charge in [-0.15, -0.1) is 0 Å². The van der Waals surface area contributed by atoms with Gasteiger partial charge in [0.05, 0.1) is 6.85 Å². The largest absolute Gasteiger partial charge is 0.488 e. The molecule has 3 nitrogen and oxygen atoms in total. The monoisotopic (exact) mass is 293 g/mol. The fraction of sp³-hybridized carbons (Fsp3) is 0. The normalized spacial score (nSPS) is 14.4. The van der Waals surface area contributed by atoms with E-state index in [1.807, 2.05) is 0 Å². The highest BCUT2D eigenvalue weighted by atomic mass is 16.4. The molecule has 2 N–H and O–H groups in total. The van der Waals surface area contributed by atoms with Crippen molar-refractivity contribution in [1.82, 2.24) is 0 Å². The second-order valence-corrected chi connectivity index (χ2v) is 4.91. The SMILES string of the molecule is [2H]c1c([2H])c([2H])c(-c2cccc3oc4cc(B(O)O)ccc4c23)c([2H])c1[2H]. The summed E-state index contributed by atoms with van der Waals surface area (Å²) in [5, 5.41) is 20.0. The van der Waals surface area contributed by atoms with Gasteiger partial charge in [0.25, 0.3) is 0 Å². The number of fused-ring (bicyclic) bond motifs is 3. The number of hydrogen-bond acceptors (Lipinski definition) is 3. The van der Waals surface area contributed by atoms with Gasteiger partial charge in [-0.3, -0.25) is 0 Å². The number of rotatable bonds is 2. The minimum atomic E-state index is -1.64. The van der Waals surface area contributed by atoms with E-state index in [9.17, 15) is 10.0 Å². The molecule has 0 unspecified atom stereocenters. The Morgan fingerprint density at radius 3 is 2.55 bits per heavy atom. The van der Waals surface area contributed by atoms with E-state index in [1.165, 1.54) is 6.07 Å². The van der Waals surface area contributed by atoms with Gasteiger partial charge in [-0.1, -0.05) is 54.5 Å². The van der Waals surface area contributed by atoms with E-state index < -0.39 is 25.2 Å². The Balaban J connectivity index is 2.12. The Morgan fingerprint density at radius 2 is 1.77 bits per heavy atom. The number of hydrogen-bond donors (Lipinski definition) is 2. The lowest BCUT2D eigenvalue weighted by atomic mass is 9.80. The van der Waals surface area contributed by atoms with Crippen LogP contribution < -0.4 is 5.46 Å². The van der Waals surface area contributed by atoms with E-state index in [0.717, 1.165) is 0 Å². The highest BCUT2D eigenvalue weighted by molar-refractivity contribution is 6.58. The van der Waals surface area contributed by atoms with Crippen LogP contribution in [0.4, 0.5) is 0 Å². The number of benzene rings is 3. The molecule has 1 heterocycles. The molecule has 0 atom stereocenters. The van der Waals surface area contributed by atoms with Crippen LogP contribution in [0.1, 0.15) is 6.85 Å². The molecular weight excluding hydrogens is 275 g/mol. The Bertz CT molecular complexity index is 1190. The summed E-state index contributed by atoms with van der Waals surface area (Å²) >= 11 is 0. The summed E-state index contributed by atoms with van der Waals surface area (Å²) in [5.74, 6) is 0. The van der Waals surface area contributed by atoms with E-state index in [1.54, 1.807) is 30.3 Å². The van der Waals surface area contributed by atoms with Crippen LogP contribution in [0, 0.1) is 0 Å². The predicted octanol–water partition coefficient (Wildman–Crippen LogP) is 2.93. The summed E-state index contributed by atoms with van der Waals surface area (Å²) in [6, 6.07) is 7.96. The van der Waals surface area contributed by atoms with E-state index in [2.05, 4.69) is 0 Å². The molecule has 0 aliphatic heterocycles. The molecule has 0 spiro atoms. The van der Waals surface area contributed by atoms with Gasteiger partial charge in [0.15, 0.2) is 0 Å². The minimum absolute atomic E-state index is 0.0977. The van der Waals surface area contributed by atoms with Crippen molar-refractivity contribution in [1.29, 1.82) is 0 Å². The maximum Gasteiger partial charge on any atom is 0.488 e. The first-order valence-corrected chi connectivity index (χ1v) is 6.70. The smallest absolute Gasteiger partial charge is 0.456 e. The molecule has 22 heavy (non-hydrogen) atoms. The summed E-state index contributed by atoms with van der Waals surface area (Å²) < 4.78 is 45.8. The first-order valence-electron chi connectivity index (χ1n) is 9.20. The second kappa shape index (κ2) is 5.02. The zero-order chi connectivity index (χ0) is 19.5. The van der Waals surface area contributed by atoms with Crippen molar-refractivity contribution in [3.63, 3.8) is 0 Å². The van der Waals surface area contributed by atoms with E-state index in [-0.39, 0.29) is 23.1 Å². The summed E-state index contributed by atoms with van der Waals surface area (Å²) in [4.78, 5) is 0. The van der Waals surface area contributed by atoms with Gasteiger partial charge in [-0.05, 0) is 28.7 Å². The lowest BCUT2D eigenvalue weighted by molar-refractivity contribution is 0.425. The van der Waals surface area contributed by atoms with Gasteiger partial charge in [0, 0.05) is 10.8 Å². The van der Waals surface area contributed by atoms with Crippen LogP contribution in [0.3, 0.4) is 0 Å². The molecule has 1 aromatic heterocycles. The molecule has 0 saturated carbocycles. The average Bonchev–Trinajstić information content (AvgIpc) is 3.03. The maximum absolute atomic E-state index is 9.36. The molecule has 0 aliphatic carbocycles. The summed E-state index contributed by atoms with van der Waals surface area (Å²) in [7, 11) is -1.64. The van der Waals surface area contributed by atoms with Crippen molar-refractivity contribution >= 4 is 34.5 Å². The highest BCUT2D eigenvalue weighted by Crippen LogP contribution is 2.35. The molecule has 0 saturated heterocycles. The molecule has 0 radical (unpaired) electrons. The average molecular weight is 293 g/mol. The Kier molecular flexibility index (Phi) is 2.00. The first-order chi connectivity index (χ1) is 12.8. The van der Waals surface area contributed by atoms with Gasteiger partial charge in [0.1, 0.15) is 11.2 Å². The van der Waals surface area contributed by atoms with E-state index >= 15 is 0 Å². The molecule has 0 fully saturated rings. The molecule has 4 rings (SSSR count). The van der Waals surface area contributed by atoms with Gasteiger partial charge in [-0.2, -0.15) is 0 Å². The van der Waals surface area contributed by atoms with Gasteiger partial charge < -0.3 is 14.5 Å². The molecule has 4 heteroatoms. The summed E-state index contributed by atoms with van der Waals surface area (Å²) in [5.41, 5.74) is 1.71. The van der Waals surface area contributed by atoms with Crippen LogP contribution in [-0.2, 0) is 0 Å². The predicted molar refractivity (Wildman–Crippen MR) is 89.0 cm³/mol. The molecule has 106 valence electrons. The van der Waals surface area contributed by atoms with Crippen LogP contribution in [0.5, 0.6) is 0 Å². The van der Waals surface area contributed by atoms with Crippen molar-refractivity contribution in [2.75, 3.05) is 0 Å². The molecule has 3 aromatic carbocycles. The van der Waals surface area contributed by atoms with Crippen LogP contribution in [-0.4, -0.2) is 17.2 Å². The Morgan fingerprint density at radius 1 is 0.955 bits per heavy atom. The topological polar surface area (TPSA) is 53.6 Å². The Labute approximate surface area is 134 Å². The quantitative estimate of drug-likeness (QED) is 0.559. The minimum Gasteiger partial charge on any atom is -0.456 e. The summed E-state index contributed by atoms with van der Waals surface area (Å²) in [6.45, 7) is 0. The molecule has 0 amide bonds. The standard InChI is InChI=1S/C18H13BO3/c20-19(21)13-9-10-15-17(11-13)22-16-8-4-7-14(18(15)16)12-5-2-1-3-6-12/h1-11,20-21H/i1D,2D,3D,5D,6D. The van der Waals surface area contributed by atoms with Crippen molar-refractivity contribution in [3.05, 3.63) is 66.6 Å². The zero-order valence-corrected chi connectivity index (χ0v) is 11.3. The van der Waals surface area contributed by atoms with Crippen LogP contribution in [0.25, 0.3) is 33.1 Å². The van der Waals surface area contributed by atoms with Crippen molar-refractivity contribution in [2.24, 2.45) is 0 Å². The van der Waals surface area contributed by atoms with Crippen molar-refractivity contribution in [3.8, 4) is 11.1 Å². The van der Waals surface area contributed by atoms with Gasteiger partial charge in [-0.25, -0.2) is 0 Å². The second-order valence-electron chi connectivity index (χ2n) is 4.91. The van der Waals surface area contributed by atoms with Crippen LogP contribution in [0.2, 0.25) is 0 Å². The summed E-state index contributed by atoms with van der Waals surface area (Å²) in [6.07, 6.45) is 0. The molecule has 4 aromatic rings. The molecule has 0 bridgehead atoms. The third kappa shape index (κ3) is 2.01. The van der Waals surface area contributed by atoms with Crippen molar-refractivity contribution in [2.45, 2.75) is 0 Å². The van der Waals surface area contributed by atoms with E-state index in [4.69, 9.17) is 11.3 Å².